The van der Waals surface area contributed by atoms with Gasteiger partial charge in [-0.1, -0.05) is 84.9 Å². The second-order valence-electron chi connectivity index (χ2n) is 7.67. The maximum absolute atomic E-state index is 13.5. The minimum Gasteiger partial charge on any atom is -0.278 e. The standard InChI is InChI=1S/C25H21NO2/c27-24-21-15-19-13-7-8-14-20(19)22(18-11-5-2-6-12-18)23(21)25(28)26(24)16-17-9-3-1-4-10-17/h1-14,21-23H,15-16H2. The van der Waals surface area contributed by atoms with Gasteiger partial charge in [0.05, 0.1) is 18.4 Å². The third kappa shape index (κ3) is 2.66. The summed E-state index contributed by atoms with van der Waals surface area (Å²) in [5.41, 5.74) is 4.45. The number of carbonyl (C=O) groups excluding carboxylic acids is 2. The van der Waals surface area contributed by atoms with Crippen LogP contribution in [0.15, 0.2) is 84.9 Å². The van der Waals surface area contributed by atoms with Crippen LogP contribution in [0, 0.1) is 11.8 Å². The van der Waals surface area contributed by atoms with E-state index in [0.717, 1.165) is 11.1 Å². The number of nitrogens with zero attached hydrogens (tertiary/aromatic N) is 1. The van der Waals surface area contributed by atoms with Crippen molar-refractivity contribution in [2.45, 2.75) is 18.9 Å². The molecular formula is C25H21NO2. The molecule has 0 spiro atoms. The van der Waals surface area contributed by atoms with E-state index in [0.29, 0.717) is 13.0 Å². The van der Waals surface area contributed by atoms with Crippen LogP contribution < -0.4 is 0 Å². The van der Waals surface area contributed by atoms with E-state index in [9.17, 15) is 9.59 Å². The van der Waals surface area contributed by atoms with Crippen molar-refractivity contribution < 1.29 is 9.59 Å². The van der Waals surface area contributed by atoms with Crippen molar-refractivity contribution in [2.75, 3.05) is 0 Å². The highest BCUT2D eigenvalue weighted by Gasteiger charge is 2.53. The monoisotopic (exact) mass is 367 g/mol. The second-order valence-corrected chi connectivity index (χ2v) is 7.67. The average Bonchev–Trinajstić information content (AvgIpc) is 2.98. The van der Waals surface area contributed by atoms with Gasteiger partial charge in [0.1, 0.15) is 0 Å². The lowest BCUT2D eigenvalue weighted by atomic mass is 9.67. The van der Waals surface area contributed by atoms with Gasteiger partial charge < -0.3 is 0 Å². The number of likely N-dealkylation sites (tertiary alicyclic amines) is 1. The fraction of sp³-hybridized carbons (Fsp3) is 0.200. The summed E-state index contributed by atoms with van der Waals surface area (Å²) in [6.45, 7) is 0.351. The second kappa shape index (κ2) is 6.75. The van der Waals surface area contributed by atoms with Gasteiger partial charge >= 0.3 is 0 Å². The van der Waals surface area contributed by atoms with Gasteiger partial charge in [0.25, 0.3) is 0 Å². The zero-order valence-corrected chi connectivity index (χ0v) is 15.5. The zero-order valence-electron chi connectivity index (χ0n) is 15.5. The van der Waals surface area contributed by atoms with Crippen molar-refractivity contribution in [3.05, 3.63) is 107 Å². The Labute approximate surface area is 164 Å². The average molecular weight is 367 g/mol. The summed E-state index contributed by atoms with van der Waals surface area (Å²) in [7, 11) is 0. The maximum atomic E-state index is 13.5. The van der Waals surface area contributed by atoms with Crippen molar-refractivity contribution in [1.82, 2.24) is 4.90 Å². The highest BCUT2D eigenvalue weighted by atomic mass is 16.2. The fourth-order valence-electron chi connectivity index (χ4n) is 4.83. The van der Waals surface area contributed by atoms with Gasteiger partial charge in [0, 0.05) is 5.92 Å². The largest absolute Gasteiger partial charge is 0.278 e. The van der Waals surface area contributed by atoms with Crippen LogP contribution in [-0.2, 0) is 22.6 Å². The molecule has 3 nitrogen and oxygen atoms in total. The lowest BCUT2D eigenvalue weighted by Gasteiger charge is -2.33. The number of carbonyl (C=O) groups is 2. The van der Waals surface area contributed by atoms with E-state index in [4.69, 9.17) is 0 Å². The summed E-state index contributed by atoms with van der Waals surface area (Å²) in [5.74, 6) is -0.755. The number of imide groups is 1. The Morgan fingerprint density at radius 3 is 2.14 bits per heavy atom. The van der Waals surface area contributed by atoms with E-state index < -0.39 is 0 Å². The van der Waals surface area contributed by atoms with Crippen LogP contribution in [0.3, 0.4) is 0 Å². The smallest absolute Gasteiger partial charge is 0.234 e. The Balaban J connectivity index is 1.58. The van der Waals surface area contributed by atoms with Gasteiger partial charge in [0.2, 0.25) is 11.8 Å². The number of hydrogen-bond donors (Lipinski definition) is 0. The molecule has 0 aromatic heterocycles. The molecule has 0 N–H and O–H groups in total. The first kappa shape index (κ1) is 16.9. The minimum absolute atomic E-state index is 0.0331. The Hall–Kier alpha value is -3.20. The van der Waals surface area contributed by atoms with Gasteiger partial charge in [-0.15, -0.1) is 0 Å². The van der Waals surface area contributed by atoms with Crippen LogP contribution in [0.2, 0.25) is 0 Å². The summed E-state index contributed by atoms with van der Waals surface area (Å²) in [6.07, 6.45) is 0.639. The molecule has 1 aliphatic carbocycles. The van der Waals surface area contributed by atoms with Crippen molar-refractivity contribution in [1.29, 1.82) is 0 Å². The van der Waals surface area contributed by atoms with Crippen LogP contribution in [0.25, 0.3) is 0 Å². The minimum atomic E-state index is -0.325. The number of rotatable bonds is 3. The van der Waals surface area contributed by atoms with Gasteiger partial charge in [-0.05, 0) is 28.7 Å². The SMILES string of the molecule is O=C1C2Cc3ccccc3C(c3ccccc3)C2C(=O)N1Cc1ccccc1. The van der Waals surface area contributed by atoms with Gasteiger partial charge in [-0.25, -0.2) is 0 Å². The van der Waals surface area contributed by atoms with E-state index in [1.807, 2.05) is 60.7 Å². The summed E-state index contributed by atoms with van der Waals surface area (Å²) in [6, 6.07) is 28.1. The summed E-state index contributed by atoms with van der Waals surface area (Å²) in [4.78, 5) is 28.2. The van der Waals surface area contributed by atoms with E-state index in [-0.39, 0.29) is 29.6 Å². The third-order valence-corrected chi connectivity index (χ3v) is 6.10. The van der Waals surface area contributed by atoms with E-state index in [2.05, 4.69) is 24.3 Å². The molecule has 0 radical (unpaired) electrons. The number of amides is 2. The molecule has 1 aliphatic heterocycles. The van der Waals surface area contributed by atoms with Crippen LogP contribution in [0.4, 0.5) is 0 Å². The first-order valence-corrected chi connectivity index (χ1v) is 9.76. The molecule has 138 valence electrons. The number of fused-ring (bicyclic) bond motifs is 2. The van der Waals surface area contributed by atoms with Crippen molar-refractivity contribution in [3.8, 4) is 0 Å². The highest BCUT2D eigenvalue weighted by molar-refractivity contribution is 6.06. The summed E-state index contributed by atoms with van der Waals surface area (Å²) < 4.78 is 0. The topological polar surface area (TPSA) is 37.4 Å². The molecule has 3 aromatic rings. The lowest BCUT2D eigenvalue weighted by molar-refractivity contribution is -0.140. The molecule has 3 unspecified atom stereocenters. The molecule has 2 aliphatic rings. The van der Waals surface area contributed by atoms with Crippen molar-refractivity contribution >= 4 is 11.8 Å². The molecule has 2 amide bonds. The molecule has 3 aromatic carbocycles. The molecule has 0 saturated carbocycles. The normalized spacial score (nSPS) is 23.4. The molecule has 1 fully saturated rings. The first-order valence-electron chi connectivity index (χ1n) is 9.76. The summed E-state index contributed by atoms with van der Waals surface area (Å²) >= 11 is 0. The first-order chi connectivity index (χ1) is 13.7. The van der Waals surface area contributed by atoms with E-state index >= 15 is 0 Å². The van der Waals surface area contributed by atoms with Crippen LogP contribution in [-0.4, -0.2) is 16.7 Å². The Morgan fingerprint density at radius 2 is 1.39 bits per heavy atom. The van der Waals surface area contributed by atoms with Gasteiger partial charge in [-0.3, -0.25) is 14.5 Å². The van der Waals surface area contributed by atoms with Crippen molar-refractivity contribution in [3.63, 3.8) is 0 Å². The Kier molecular flexibility index (Phi) is 4.09. The molecule has 28 heavy (non-hydrogen) atoms. The van der Waals surface area contributed by atoms with E-state index in [1.54, 1.807) is 0 Å². The molecule has 3 heteroatoms. The number of benzene rings is 3. The van der Waals surface area contributed by atoms with E-state index in [1.165, 1.54) is 16.0 Å². The molecule has 5 rings (SSSR count). The third-order valence-electron chi connectivity index (χ3n) is 6.10. The maximum Gasteiger partial charge on any atom is 0.234 e. The van der Waals surface area contributed by atoms with Gasteiger partial charge in [0.15, 0.2) is 0 Å². The van der Waals surface area contributed by atoms with Crippen LogP contribution >= 0.6 is 0 Å². The fourth-order valence-corrected chi connectivity index (χ4v) is 4.83. The Morgan fingerprint density at radius 1 is 0.750 bits per heavy atom. The predicted molar refractivity (Wildman–Crippen MR) is 107 cm³/mol. The lowest BCUT2D eigenvalue weighted by Crippen LogP contribution is -2.33. The molecule has 1 saturated heterocycles. The van der Waals surface area contributed by atoms with Crippen molar-refractivity contribution in [2.24, 2.45) is 11.8 Å². The molecular weight excluding hydrogens is 346 g/mol. The quantitative estimate of drug-likeness (QED) is 0.652. The predicted octanol–water partition coefficient (Wildman–Crippen LogP) is 4.18. The molecule has 3 atom stereocenters. The van der Waals surface area contributed by atoms with Crippen LogP contribution in [0.1, 0.15) is 28.2 Å². The van der Waals surface area contributed by atoms with Gasteiger partial charge in [-0.2, -0.15) is 0 Å². The highest BCUT2D eigenvalue weighted by Crippen LogP contribution is 2.48. The number of hydrogen-bond acceptors (Lipinski definition) is 2. The zero-order chi connectivity index (χ0) is 19.1. The summed E-state index contributed by atoms with van der Waals surface area (Å²) in [5, 5.41) is 0. The van der Waals surface area contributed by atoms with Crippen LogP contribution in [0.5, 0.6) is 0 Å². The molecule has 1 heterocycles. The Bertz CT molecular complexity index is 1030. The molecule has 0 bridgehead atoms.